The van der Waals surface area contributed by atoms with E-state index >= 15 is 0 Å². The molecule has 0 aliphatic carbocycles. The summed E-state index contributed by atoms with van der Waals surface area (Å²) in [6.45, 7) is 2.20. The minimum Gasteiger partial charge on any atom is -0.465 e. The van der Waals surface area contributed by atoms with Gasteiger partial charge < -0.3 is 14.5 Å². The fourth-order valence-corrected chi connectivity index (χ4v) is 5.27. The van der Waals surface area contributed by atoms with Crippen LogP contribution < -0.4 is 4.90 Å². The zero-order valence-electron chi connectivity index (χ0n) is 18.0. The van der Waals surface area contributed by atoms with E-state index in [1.165, 1.54) is 0 Å². The lowest BCUT2D eigenvalue weighted by atomic mass is 9.70. The van der Waals surface area contributed by atoms with Crippen LogP contribution >= 0.6 is 0 Å². The zero-order chi connectivity index (χ0) is 21.3. The number of anilines is 1. The molecule has 0 saturated carbocycles. The lowest BCUT2D eigenvalue weighted by Gasteiger charge is -2.35. The van der Waals surface area contributed by atoms with E-state index in [2.05, 4.69) is 12.1 Å². The first-order valence-electron chi connectivity index (χ1n) is 10.8. The van der Waals surface area contributed by atoms with Crippen molar-refractivity contribution in [2.45, 2.75) is 44.7 Å². The number of amides is 1. The van der Waals surface area contributed by atoms with Crippen LogP contribution in [0.2, 0.25) is 0 Å². The van der Waals surface area contributed by atoms with Gasteiger partial charge in [-0.25, -0.2) is 0 Å². The Hall–Kier alpha value is -2.82. The van der Waals surface area contributed by atoms with E-state index in [1.54, 1.807) is 0 Å². The van der Waals surface area contributed by atoms with Gasteiger partial charge >= 0.3 is 5.97 Å². The lowest BCUT2D eigenvalue weighted by molar-refractivity contribution is -0.157. The summed E-state index contributed by atoms with van der Waals surface area (Å²) in [7, 11) is 3.93. The molecule has 2 aromatic rings. The Morgan fingerprint density at radius 3 is 2.57 bits per heavy atom. The average Bonchev–Trinajstić information content (AvgIpc) is 3.30. The molecule has 1 amide bonds. The molecule has 5 heteroatoms. The van der Waals surface area contributed by atoms with Gasteiger partial charge in [-0.1, -0.05) is 36.4 Å². The average molecular weight is 407 g/mol. The third-order valence-corrected chi connectivity index (χ3v) is 6.63. The second kappa shape index (κ2) is 8.13. The summed E-state index contributed by atoms with van der Waals surface area (Å²) >= 11 is 0. The Bertz CT molecular complexity index is 927. The van der Waals surface area contributed by atoms with E-state index in [0.717, 1.165) is 24.1 Å². The Morgan fingerprint density at radius 2 is 1.87 bits per heavy atom. The molecule has 4 rings (SSSR count). The zero-order valence-corrected chi connectivity index (χ0v) is 18.0. The first-order valence-corrected chi connectivity index (χ1v) is 10.8. The van der Waals surface area contributed by atoms with Crippen LogP contribution in [0.25, 0.3) is 0 Å². The Kier molecular flexibility index (Phi) is 5.54. The second-order valence-electron chi connectivity index (χ2n) is 8.65. The largest absolute Gasteiger partial charge is 0.465 e. The summed E-state index contributed by atoms with van der Waals surface area (Å²) in [5, 5.41) is 0. The van der Waals surface area contributed by atoms with Crippen molar-refractivity contribution in [1.29, 1.82) is 0 Å². The van der Waals surface area contributed by atoms with Crippen molar-refractivity contribution in [2.24, 2.45) is 5.41 Å². The monoisotopic (exact) mass is 406 g/mol. The van der Waals surface area contributed by atoms with Gasteiger partial charge in [0.05, 0.1) is 12.0 Å². The smallest absolute Gasteiger partial charge is 0.314 e. The first-order chi connectivity index (χ1) is 14.5. The van der Waals surface area contributed by atoms with Crippen LogP contribution in [0, 0.1) is 5.41 Å². The van der Waals surface area contributed by atoms with Gasteiger partial charge in [-0.05, 0) is 56.4 Å². The van der Waals surface area contributed by atoms with E-state index < -0.39 is 5.41 Å². The number of esters is 1. The number of rotatable bonds is 6. The molecule has 0 spiro atoms. The summed E-state index contributed by atoms with van der Waals surface area (Å²) in [5.41, 5.74) is 2.11. The molecule has 2 aromatic carbocycles. The third kappa shape index (κ3) is 3.47. The molecule has 0 unspecified atom stereocenters. The van der Waals surface area contributed by atoms with Crippen LogP contribution in [-0.4, -0.2) is 49.6 Å². The minimum absolute atomic E-state index is 0.0189. The summed E-state index contributed by atoms with van der Waals surface area (Å²) in [6, 6.07) is 17.8. The molecule has 0 N–H and O–H groups in total. The Balaban J connectivity index is 1.68. The molecular weight excluding hydrogens is 376 g/mol. The number of hydrogen-bond acceptors (Lipinski definition) is 4. The molecular formula is C25H30N2O3. The highest BCUT2D eigenvalue weighted by Gasteiger charge is 2.61. The van der Waals surface area contributed by atoms with Gasteiger partial charge in [0.15, 0.2) is 0 Å². The highest BCUT2D eigenvalue weighted by Crippen LogP contribution is 2.52. The second-order valence-corrected chi connectivity index (χ2v) is 8.65. The number of nitrogens with zero attached hydrogens (tertiary/aromatic N) is 2. The van der Waals surface area contributed by atoms with Crippen LogP contribution in [0.15, 0.2) is 54.6 Å². The maximum absolute atomic E-state index is 13.6. The summed E-state index contributed by atoms with van der Waals surface area (Å²) in [5.74, 6) is -0.147. The van der Waals surface area contributed by atoms with Crippen molar-refractivity contribution in [1.82, 2.24) is 4.90 Å². The normalized spacial score (nSPS) is 24.7. The highest BCUT2D eigenvalue weighted by atomic mass is 16.5. The molecule has 2 aliphatic heterocycles. The van der Waals surface area contributed by atoms with Crippen LogP contribution in [0.5, 0.6) is 0 Å². The number of fused-ring (bicyclic) bond motifs is 2. The minimum atomic E-state index is -0.672. The number of carbonyl (C=O) groups excluding carboxylic acids is 2. The fraction of sp³-hybridized carbons (Fsp3) is 0.440. The number of hydrogen-bond donors (Lipinski definition) is 0. The van der Waals surface area contributed by atoms with Crippen molar-refractivity contribution < 1.29 is 14.3 Å². The van der Waals surface area contributed by atoms with E-state index in [-0.39, 0.29) is 24.0 Å². The summed E-state index contributed by atoms with van der Waals surface area (Å²) < 4.78 is 5.55. The van der Waals surface area contributed by atoms with Crippen molar-refractivity contribution >= 4 is 17.6 Å². The molecule has 2 aliphatic rings. The number of benzene rings is 2. The van der Waals surface area contributed by atoms with Gasteiger partial charge in [-0.15, -0.1) is 0 Å². The van der Waals surface area contributed by atoms with E-state index in [9.17, 15) is 9.59 Å². The van der Waals surface area contributed by atoms with Gasteiger partial charge in [0.2, 0.25) is 0 Å². The van der Waals surface area contributed by atoms with E-state index in [1.807, 2.05) is 73.3 Å². The third-order valence-electron chi connectivity index (χ3n) is 6.63. The molecule has 3 atom stereocenters. The van der Waals surface area contributed by atoms with Crippen LogP contribution in [0.4, 0.5) is 5.69 Å². The molecule has 2 fully saturated rings. The maximum Gasteiger partial charge on any atom is 0.314 e. The van der Waals surface area contributed by atoms with Crippen molar-refractivity contribution in [2.75, 3.05) is 25.6 Å². The van der Waals surface area contributed by atoms with Gasteiger partial charge in [-0.2, -0.15) is 0 Å². The lowest BCUT2D eigenvalue weighted by Crippen LogP contribution is -2.47. The standard InChI is InChI=1S/C25H30N2O3/c1-4-30-24(29)25(16-18-9-6-5-7-10-18)17-21-13-14-22(25)27(21)23(28)19-11-8-12-20(15-19)26(2)3/h5-12,15,21-22H,4,13-14,16-17H2,1-3H3/t21-,22+,25+/m1/s1. The molecule has 158 valence electrons. The van der Waals surface area contributed by atoms with Gasteiger partial charge in [-0.3, -0.25) is 9.59 Å². The van der Waals surface area contributed by atoms with Crippen LogP contribution in [0.3, 0.4) is 0 Å². The molecule has 0 radical (unpaired) electrons. The molecule has 0 aromatic heterocycles. The SMILES string of the molecule is CCOC(=O)[C@@]1(Cc2ccccc2)C[C@H]2CC[C@@H]1N2C(=O)c1cccc(N(C)C)c1. The van der Waals surface area contributed by atoms with Crippen molar-refractivity contribution in [3.8, 4) is 0 Å². The quantitative estimate of drug-likeness (QED) is 0.683. The van der Waals surface area contributed by atoms with Gasteiger partial charge in [0.1, 0.15) is 0 Å². The molecule has 2 saturated heterocycles. The molecule has 30 heavy (non-hydrogen) atoms. The molecule has 2 heterocycles. The highest BCUT2D eigenvalue weighted by molar-refractivity contribution is 5.97. The van der Waals surface area contributed by atoms with Gasteiger partial charge in [0.25, 0.3) is 5.91 Å². The van der Waals surface area contributed by atoms with E-state index in [0.29, 0.717) is 25.0 Å². The number of ether oxygens (including phenoxy) is 1. The predicted octanol–water partition coefficient (Wildman–Crippen LogP) is 3.92. The number of carbonyl (C=O) groups is 2. The fourth-order valence-electron chi connectivity index (χ4n) is 5.27. The maximum atomic E-state index is 13.6. The van der Waals surface area contributed by atoms with Crippen LogP contribution in [-0.2, 0) is 16.0 Å². The predicted molar refractivity (Wildman–Crippen MR) is 118 cm³/mol. The molecule has 2 bridgehead atoms. The van der Waals surface area contributed by atoms with E-state index in [4.69, 9.17) is 4.74 Å². The first kappa shape index (κ1) is 20.5. The summed E-state index contributed by atoms with van der Waals surface area (Å²) in [6.07, 6.45) is 3.06. The summed E-state index contributed by atoms with van der Waals surface area (Å²) in [4.78, 5) is 30.8. The molecule has 5 nitrogen and oxygen atoms in total. The van der Waals surface area contributed by atoms with Crippen molar-refractivity contribution in [3.05, 3.63) is 65.7 Å². The Morgan fingerprint density at radius 1 is 1.10 bits per heavy atom. The topological polar surface area (TPSA) is 49.9 Å². The van der Waals surface area contributed by atoms with Gasteiger partial charge in [0, 0.05) is 37.4 Å². The van der Waals surface area contributed by atoms with Crippen molar-refractivity contribution in [3.63, 3.8) is 0 Å². The van der Waals surface area contributed by atoms with Crippen LogP contribution in [0.1, 0.15) is 42.1 Å². The Labute approximate surface area is 178 Å².